The summed E-state index contributed by atoms with van der Waals surface area (Å²) >= 11 is 0. The number of hydrogen-bond acceptors (Lipinski definition) is 5. The first-order valence-electron chi connectivity index (χ1n) is 9.14. The van der Waals surface area contributed by atoms with E-state index in [0.717, 1.165) is 36.7 Å². The number of anilines is 1. The van der Waals surface area contributed by atoms with Crippen molar-refractivity contribution in [2.24, 2.45) is 0 Å². The molecule has 2 aliphatic carbocycles. The van der Waals surface area contributed by atoms with E-state index in [-0.39, 0.29) is 0 Å². The van der Waals surface area contributed by atoms with Gasteiger partial charge < -0.3 is 5.32 Å². The van der Waals surface area contributed by atoms with Crippen molar-refractivity contribution >= 4 is 16.9 Å². The highest BCUT2D eigenvalue weighted by Crippen LogP contribution is 2.34. The van der Waals surface area contributed by atoms with Gasteiger partial charge in [-0.2, -0.15) is 0 Å². The predicted octanol–water partition coefficient (Wildman–Crippen LogP) is 4.45. The van der Waals surface area contributed by atoms with E-state index in [1.54, 1.807) is 18.0 Å². The number of halogens is 1. The highest BCUT2D eigenvalue weighted by Gasteiger charge is 2.23. The summed E-state index contributed by atoms with van der Waals surface area (Å²) in [5.74, 6) is 0.731. The SMILES string of the molecule is Fc1cncc(-c2nc(NC3CCC4=C(C=CC4)C3)c3ncccc3n2)c1. The molecular formula is C21H18FN5. The van der Waals surface area contributed by atoms with Crippen molar-refractivity contribution in [1.29, 1.82) is 0 Å². The largest absolute Gasteiger partial charge is 0.365 e. The molecule has 1 atom stereocenters. The van der Waals surface area contributed by atoms with Crippen LogP contribution in [0.3, 0.4) is 0 Å². The lowest BCUT2D eigenvalue weighted by Gasteiger charge is -2.25. The molecule has 0 amide bonds. The van der Waals surface area contributed by atoms with E-state index < -0.39 is 5.82 Å². The van der Waals surface area contributed by atoms with Gasteiger partial charge >= 0.3 is 0 Å². The van der Waals surface area contributed by atoms with Gasteiger partial charge in [-0.05, 0) is 49.5 Å². The van der Waals surface area contributed by atoms with Crippen molar-refractivity contribution in [2.75, 3.05) is 5.32 Å². The van der Waals surface area contributed by atoms with Crippen molar-refractivity contribution in [3.63, 3.8) is 0 Å². The first-order chi connectivity index (χ1) is 13.3. The second-order valence-electron chi connectivity index (χ2n) is 6.98. The fourth-order valence-electron chi connectivity index (χ4n) is 3.83. The third kappa shape index (κ3) is 3.07. The minimum absolute atomic E-state index is 0.296. The van der Waals surface area contributed by atoms with Crippen LogP contribution in [0.15, 0.2) is 60.1 Å². The van der Waals surface area contributed by atoms with Crippen LogP contribution in [0.1, 0.15) is 25.7 Å². The molecule has 0 aromatic carbocycles. The minimum Gasteiger partial charge on any atom is -0.365 e. The summed E-state index contributed by atoms with van der Waals surface area (Å²) in [6.07, 6.45) is 13.2. The summed E-state index contributed by atoms with van der Waals surface area (Å²) < 4.78 is 13.6. The Balaban J connectivity index is 1.53. The normalized spacial score (nSPS) is 18.8. The van der Waals surface area contributed by atoms with Crippen molar-refractivity contribution in [1.82, 2.24) is 19.9 Å². The van der Waals surface area contributed by atoms with Gasteiger partial charge in [0.25, 0.3) is 0 Å². The number of nitrogens with zero attached hydrogens (tertiary/aromatic N) is 4. The summed E-state index contributed by atoms with van der Waals surface area (Å²) in [5, 5.41) is 3.57. The minimum atomic E-state index is -0.406. The van der Waals surface area contributed by atoms with Gasteiger partial charge in [0, 0.05) is 24.0 Å². The van der Waals surface area contributed by atoms with Crippen LogP contribution in [-0.4, -0.2) is 26.0 Å². The zero-order valence-electron chi connectivity index (χ0n) is 14.7. The molecule has 2 aliphatic rings. The molecule has 1 N–H and O–H groups in total. The third-order valence-electron chi connectivity index (χ3n) is 5.16. The van der Waals surface area contributed by atoms with E-state index in [0.29, 0.717) is 23.2 Å². The first kappa shape index (κ1) is 16.1. The molecule has 0 saturated heterocycles. The number of rotatable bonds is 3. The van der Waals surface area contributed by atoms with E-state index >= 15 is 0 Å². The lowest BCUT2D eigenvalue weighted by atomic mass is 9.90. The van der Waals surface area contributed by atoms with Gasteiger partial charge in [0.2, 0.25) is 0 Å². The Morgan fingerprint density at radius 2 is 2.15 bits per heavy atom. The summed E-state index contributed by atoms with van der Waals surface area (Å²) in [6.45, 7) is 0. The molecule has 3 aromatic heterocycles. The monoisotopic (exact) mass is 359 g/mol. The Morgan fingerprint density at radius 3 is 3.07 bits per heavy atom. The van der Waals surface area contributed by atoms with Gasteiger partial charge in [-0.15, -0.1) is 0 Å². The van der Waals surface area contributed by atoms with Crippen LogP contribution >= 0.6 is 0 Å². The average molecular weight is 359 g/mol. The molecule has 0 spiro atoms. The molecule has 5 nitrogen and oxygen atoms in total. The van der Waals surface area contributed by atoms with Crippen LogP contribution in [0.5, 0.6) is 0 Å². The van der Waals surface area contributed by atoms with Crippen LogP contribution in [0.25, 0.3) is 22.4 Å². The number of nitrogens with one attached hydrogen (secondary N) is 1. The van der Waals surface area contributed by atoms with Crippen LogP contribution in [0, 0.1) is 5.82 Å². The second-order valence-corrected chi connectivity index (χ2v) is 6.98. The lowest BCUT2D eigenvalue weighted by Crippen LogP contribution is -2.24. The molecule has 134 valence electrons. The molecule has 27 heavy (non-hydrogen) atoms. The molecular weight excluding hydrogens is 341 g/mol. The van der Waals surface area contributed by atoms with Gasteiger partial charge in [-0.3, -0.25) is 9.97 Å². The standard InChI is InChI=1S/C21H18FN5/c22-16-9-15(11-23-12-16)20-26-18-5-2-8-24-19(18)21(27-20)25-17-7-6-13-3-1-4-14(13)10-17/h1-2,4-5,8-9,11-12,17H,3,6-7,10H2,(H,25,26,27). The molecule has 3 heterocycles. The van der Waals surface area contributed by atoms with E-state index in [2.05, 4.69) is 37.4 Å². The van der Waals surface area contributed by atoms with Crippen molar-refractivity contribution in [3.05, 3.63) is 65.9 Å². The molecule has 3 aromatic rings. The molecule has 0 aliphatic heterocycles. The van der Waals surface area contributed by atoms with E-state index in [4.69, 9.17) is 0 Å². The fourth-order valence-corrected chi connectivity index (χ4v) is 3.83. The number of aromatic nitrogens is 4. The van der Waals surface area contributed by atoms with Crippen molar-refractivity contribution < 1.29 is 4.39 Å². The molecule has 1 unspecified atom stereocenters. The number of hydrogen-bond donors (Lipinski definition) is 1. The first-order valence-corrected chi connectivity index (χ1v) is 9.14. The Hall–Kier alpha value is -3.15. The topological polar surface area (TPSA) is 63.6 Å². The molecule has 0 saturated carbocycles. The summed E-state index contributed by atoms with van der Waals surface area (Å²) in [6, 6.07) is 5.43. The summed E-state index contributed by atoms with van der Waals surface area (Å²) in [5.41, 5.74) is 5.01. The predicted molar refractivity (Wildman–Crippen MR) is 103 cm³/mol. The van der Waals surface area contributed by atoms with E-state index in [1.807, 2.05) is 12.1 Å². The van der Waals surface area contributed by atoms with Gasteiger partial charge in [0.1, 0.15) is 11.3 Å². The van der Waals surface area contributed by atoms with Crippen molar-refractivity contribution in [3.8, 4) is 11.4 Å². The highest BCUT2D eigenvalue weighted by molar-refractivity contribution is 5.86. The Kier molecular flexibility index (Phi) is 3.89. The number of fused-ring (bicyclic) bond motifs is 1. The van der Waals surface area contributed by atoms with Gasteiger partial charge in [0.15, 0.2) is 11.6 Å². The quantitative estimate of drug-likeness (QED) is 0.749. The van der Waals surface area contributed by atoms with Crippen LogP contribution < -0.4 is 5.32 Å². The molecule has 6 heteroatoms. The lowest BCUT2D eigenvalue weighted by molar-refractivity contribution is 0.608. The molecule has 0 radical (unpaired) electrons. The van der Waals surface area contributed by atoms with Gasteiger partial charge in [0.05, 0.1) is 11.7 Å². The van der Waals surface area contributed by atoms with Crippen molar-refractivity contribution in [2.45, 2.75) is 31.7 Å². The Bertz CT molecular complexity index is 1090. The third-order valence-corrected chi connectivity index (χ3v) is 5.16. The average Bonchev–Trinajstić information content (AvgIpc) is 3.16. The zero-order chi connectivity index (χ0) is 18.2. The molecule has 0 bridgehead atoms. The number of pyridine rings is 2. The maximum atomic E-state index is 13.6. The van der Waals surface area contributed by atoms with Gasteiger partial charge in [-0.25, -0.2) is 14.4 Å². The van der Waals surface area contributed by atoms with Crippen LogP contribution in [0.2, 0.25) is 0 Å². The smallest absolute Gasteiger partial charge is 0.163 e. The molecule has 5 rings (SSSR count). The zero-order valence-corrected chi connectivity index (χ0v) is 14.7. The maximum Gasteiger partial charge on any atom is 0.163 e. The fraction of sp³-hybridized carbons (Fsp3) is 0.238. The Morgan fingerprint density at radius 1 is 1.19 bits per heavy atom. The van der Waals surface area contributed by atoms with Crippen LogP contribution in [0.4, 0.5) is 10.2 Å². The Labute approximate surface area is 156 Å². The van der Waals surface area contributed by atoms with E-state index in [9.17, 15) is 4.39 Å². The summed E-state index contributed by atoms with van der Waals surface area (Å²) in [7, 11) is 0. The second kappa shape index (κ2) is 6.54. The summed E-state index contributed by atoms with van der Waals surface area (Å²) in [4.78, 5) is 17.6. The maximum absolute atomic E-state index is 13.6. The van der Waals surface area contributed by atoms with Gasteiger partial charge in [-0.1, -0.05) is 17.7 Å². The van der Waals surface area contributed by atoms with Crippen LogP contribution in [-0.2, 0) is 0 Å². The molecule has 0 fully saturated rings. The number of allylic oxidation sites excluding steroid dienone is 3. The van der Waals surface area contributed by atoms with E-state index in [1.165, 1.54) is 17.8 Å². The highest BCUT2D eigenvalue weighted by atomic mass is 19.1.